The Balaban J connectivity index is 1.22. The first-order chi connectivity index (χ1) is 14.2. The maximum absolute atomic E-state index is 12.7. The number of amides is 2. The number of hydrogen-bond acceptors (Lipinski definition) is 3. The summed E-state index contributed by atoms with van der Waals surface area (Å²) in [4.78, 5) is 29.3. The van der Waals surface area contributed by atoms with Gasteiger partial charge in [0.25, 0.3) is 0 Å². The van der Waals surface area contributed by atoms with E-state index in [1.54, 1.807) is 0 Å². The monoisotopic (exact) mass is 391 g/mol. The molecule has 152 valence electrons. The Kier molecular flexibility index (Phi) is 6.25. The van der Waals surface area contributed by atoms with Gasteiger partial charge in [0.2, 0.25) is 11.8 Å². The van der Waals surface area contributed by atoms with Gasteiger partial charge in [-0.2, -0.15) is 0 Å². The van der Waals surface area contributed by atoms with Gasteiger partial charge in [0.15, 0.2) is 0 Å². The predicted molar refractivity (Wildman–Crippen MR) is 113 cm³/mol. The van der Waals surface area contributed by atoms with Crippen molar-refractivity contribution in [3.05, 3.63) is 71.8 Å². The minimum atomic E-state index is -0.228. The molecule has 0 saturated carbocycles. The molecule has 1 atom stereocenters. The molecule has 0 spiro atoms. The molecule has 2 fully saturated rings. The van der Waals surface area contributed by atoms with Crippen LogP contribution in [0.1, 0.15) is 30.4 Å². The van der Waals surface area contributed by atoms with E-state index < -0.39 is 0 Å². The summed E-state index contributed by atoms with van der Waals surface area (Å²) in [6, 6.07) is 20.7. The summed E-state index contributed by atoms with van der Waals surface area (Å²) in [5.74, 6) is -0.115. The fraction of sp³-hybridized carbons (Fsp3) is 0.417. The second-order valence-corrected chi connectivity index (χ2v) is 8.21. The number of nitrogens with zero attached hydrogens (tertiary/aromatic N) is 2. The number of nitrogens with one attached hydrogen (secondary N) is 1. The molecule has 0 radical (unpaired) electrons. The standard InChI is InChI=1S/C24H29N3O2/c28-23-15-21(18-27(23)17-20-9-5-2-6-10-20)24(29)25-22-11-13-26(14-12-22)16-19-7-3-1-4-8-19/h1-10,21-22H,11-18H2,(H,25,29). The lowest BCUT2D eigenvalue weighted by Gasteiger charge is -2.32. The SMILES string of the molecule is O=C(NC1CCN(Cc2ccccc2)CC1)C1CC(=O)N(Cc2ccccc2)C1. The van der Waals surface area contributed by atoms with Crippen molar-refractivity contribution in [3.63, 3.8) is 0 Å². The Bertz CT molecular complexity index is 817. The van der Waals surface area contributed by atoms with Crippen LogP contribution in [0.15, 0.2) is 60.7 Å². The molecule has 2 aromatic rings. The molecule has 0 aliphatic carbocycles. The van der Waals surface area contributed by atoms with Crippen molar-refractivity contribution in [1.82, 2.24) is 15.1 Å². The van der Waals surface area contributed by atoms with E-state index in [2.05, 4.69) is 34.5 Å². The minimum absolute atomic E-state index is 0.0374. The molecule has 2 aliphatic heterocycles. The number of piperidine rings is 1. The van der Waals surface area contributed by atoms with Crippen LogP contribution >= 0.6 is 0 Å². The minimum Gasteiger partial charge on any atom is -0.353 e. The maximum Gasteiger partial charge on any atom is 0.225 e. The fourth-order valence-corrected chi connectivity index (χ4v) is 4.30. The molecule has 2 aromatic carbocycles. The molecular formula is C24H29N3O2. The van der Waals surface area contributed by atoms with E-state index in [1.165, 1.54) is 5.56 Å². The molecule has 0 bridgehead atoms. The van der Waals surface area contributed by atoms with E-state index in [9.17, 15) is 9.59 Å². The van der Waals surface area contributed by atoms with Crippen molar-refractivity contribution in [2.24, 2.45) is 5.92 Å². The predicted octanol–water partition coefficient (Wildman–Crippen LogP) is 2.82. The first-order valence-corrected chi connectivity index (χ1v) is 10.6. The Morgan fingerprint density at radius 2 is 1.48 bits per heavy atom. The van der Waals surface area contributed by atoms with Crippen LogP contribution in [0.2, 0.25) is 0 Å². The van der Waals surface area contributed by atoms with Gasteiger partial charge in [-0.1, -0.05) is 60.7 Å². The molecule has 2 heterocycles. The Morgan fingerprint density at radius 1 is 0.897 bits per heavy atom. The summed E-state index contributed by atoms with van der Waals surface area (Å²) >= 11 is 0. The quantitative estimate of drug-likeness (QED) is 0.824. The van der Waals surface area contributed by atoms with Gasteiger partial charge in [0.05, 0.1) is 5.92 Å². The summed E-state index contributed by atoms with van der Waals surface area (Å²) in [5.41, 5.74) is 2.44. The first kappa shape index (κ1) is 19.6. The van der Waals surface area contributed by atoms with Crippen molar-refractivity contribution >= 4 is 11.8 Å². The van der Waals surface area contributed by atoms with Crippen LogP contribution in [0.3, 0.4) is 0 Å². The third-order valence-electron chi connectivity index (χ3n) is 5.98. The lowest BCUT2D eigenvalue weighted by Crippen LogP contribution is -2.46. The zero-order valence-electron chi connectivity index (χ0n) is 16.8. The molecule has 5 nitrogen and oxygen atoms in total. The van der Waals surface area contributed by atoms with E-state index >= 15 is 0 Å². The van der Waals surface area contributed by atoms with E-state index in [0.717, 1.165) is 38.0 Å². The highest BCUT2D eigenvalue weighted by Gasteiger charge is 2.35. The number of carbonyl (C=O) groups is 2. The number of carbonyl (C=O) groups excluding carboxylic acids is 2. The summed E-state index contributed by atoms with van der Waals surface area (Å²) in [5, 5.41) is 3.21. The zero-order valence-corrected chi connectivity index (χ0v) is 16.8. The van der Waals surface area contributed by atoms with Gasteiger partial charge in [-0.3, -0.25) is 14.5 Å². The summed E-state index contributed by atoms with van der Waals surface area (Å²) in [6.07, 6.45) is 2.26. The van der Waals surface area contributed by atoms with E-state index in [-0.39, 0.29) is 23.8 Å². The largest absolute Gasteiger partial charge is 0.353 e. The normalized spacial score (nSPS) is 20.8. The van der Waals surface area contributed by atoms with Gasteiger partial charge in [0.1, 0.15) is 0 Å². The Labute approximate surface area is 172 Å². The van der Waals surface area contributed by atoms with Gasteiger partial charge in [0, 0.05) is 45.2 Å². The highest BCUT2D eigenvalue weighted by Crippen LogP contribution is 2.21. The molecule has 4 rings (SSSR count). The highest BCUT2D eigenvalue weighted by atomic mass is 16.2. The summed E-state index contributed by atoms with van der Waals surface area (Å²) < 4.78 is 0. The Hall–Kier alpha value is -2.66. The smallest absolute Gasteiger partial charge is 0.225 e. The van der Waals surface area contributed by atoms with Crippen molar-refractivity contribution < 1.29 is 9.59 Å². The maximum atomic E-state index is 12.7. The van der Waals surface area contributed by atoms with Gasteiger partial charge < -0.3 is 10.2 Å². The molecule has 2 aliphatic rings. The molecule has 0 aromatic heterocycles. The molecule has 1 N–H and O–H groups in total. The van der Waals surface area contributed by atoms with Gasteiger partial charge in [-0.15, -0.1) is 0 Å². The van der Waals surface area contributed by atoms with Crippen LogP contribution in [0.4, 0.5) is 0 Å². The number of likely N-dealkylation sites (tertiary alicyclic amines) is 2. The van der Waals surface area contributed by atoms with E-state index in [1.807, 2.05) is 41.3 Å². The third-order valence-corrected chi connectivity index (χ3v) is 5.98. The van der Waals surface area contributed by atoms with Crippen molar-refractivity contribution in [2.45, 2.75) is 38.4 Å². The van der Waals surface area contributed by atoms with Crippen LogP contribution in [0, 0.1) is 5.92 Å². The lowest BCUT2D eigenvalue weighted by molar-refractivity contribution is -0.129. The van der Waals surface area contributed by atoms with E-state index in [0.29, 0.717) is 19.5 Å². The topological polar surface area (TPSA) is 52.7 Å². The van der Waals surface area contributed by atoms with Crippen LogP contribution in [-0.2, 0) is 22.7 Å². The van der Waals surface area contributed by atoms with Crippen molar-refractivity contribution in [3.8, 4) is 0 Å². The molecular weight excluding hydrogens is 362 g/mol. The lowest BCUT2D eigenvalue weighted by atomic mass is 10.0. The molecule has 29 heavy (non-hydrogen) atoms. The summed E-state index contributed by atoms with van der Waals surface area (Å²) in [6.45, 7) is 4.05. The van der Waals surface area contributed by atoms with E-state index in [4.69, 9.17) is 0 Å². The molecule has 2 amide bonds. The second kappa shape index (κ2) is 9.23. The summed E-state index contributed by atoms with van der Waals surface area (Å²) in [7, 11) is 0. The average Bonchev–Trinajstić information content (AvgIpc) is 3.11. The van der Waals surface area contributed by atoms with Gasteiger partial charge >= 0.3 is 0 Å². The zero-order chi connectivity index (χ0) is 20.1. The van der Waals surface area contributed by atoms with Crippen molar-refractivity contribution in [2.75, 3.05) is 19.6 Å². The van der Waals surface area contributed by atoms with Crippen LogP contribution < -0.4 is 5.32 Å². The first-order valence-electron chi connectivity index (χ1n) is 10.6. The average molecular weight is 392 g/mol. The number of benzene rings is 2. The van der Waals surface area contributed by atoms with Crippen LogP contribution in [-0.4, -0.2) is 47.3 Å². The second-order valence-electron chi connectivity index (χ2n) is 8.21. The molecule has 1 unspecified atom stereocenters. The van der Waals surface area contributed by atoms with Crippen molar-refractivity contribution in [1.29, 1.82) is 0 Å². The molecule has 5 heteroatoms. The van der Waals surface area contributed by atoms with Crippen LogP contribution in [0.25, 0.3) is 0 Å². The van der Waals surface area contributed by atoms with Gasteiger partial charge in [-0.05, 0) is 24.0 Å². The number of rotatable bonds is 6. The van der Waals surface area contributed by atoms with Crippen LogP contribution in [0.5, 0.6) is 0 Å². The molecule has 2 saturated heterocycles. The van der Waals surface area contributed by atoms with Gasteiger partial charge in [-0.25, -0.2) is 0 Å². The highest BCUT2D eigenvalue weighted by molar-refractivity contribution is 5.89. The fourth-order valence-electron chi connectivity index (χ4n) is 4.30. The Morgan fingerprint density at radius 3 is 2.10 bits per heavy atom. The third kappa shape index (κ3) is 5.24. The number of hydrogen-bond donors (Lipinski definition) is 1.